The number of benzene rings is 1. The van der Waals surface area contributed by atoms with Gasteiger partial charge in [0.05, 0.1) is 12.6 Å². The summed E-state index contributed by atoms with van der Waals surface area (Å²) in [5, 5.41) is 3.00. The van der Waals surface area contributed by atoms with Gasteiger partial charge in [-0.05, 0) is 31.4 Å². The first-order valence-corrected chi connectivity index (χ1v) is 9.19. The molecule has 142 valence electrons. The molecule has 0 spiro atoms. The minimum Gasteiger partial charge on any atom is -0.486 e. The maximum atomic E-state index is 13.3. The van der Waals surface area contributed by atoms with Crippen molar-refractivity contribution in [2.75, 3.05) is 26.3 Å². The average Bonchev–Trinajstić information content (AvgIpc) is 3.02. The van der Waals surface area contributed by atoms with Gasteiger partial charge in [0.25, 0.3) is 0 Å². The molecule has 0 aromatic heterocycles. The summed E-state index contributed by atoms with van der Waals surface area (Å²) in [5.74, 6) is 0.179. The van der Waals surface area contributed by atoms with Crippen LogP contribution in [0.2, 0.25) is 0 Å². The molecule has 2 aliphatic rings. The normalized spacial score (nSPS) is 23.1. The van der Waals surface area contributed by atoms with E-state index in [1.54, 1.807) is 12.1 Å². The highest BCUT2D eigenvalue weighted by Gasteiger charge is 2.29. The molecule has 1 aromatic rings. The molecule has 2 aliphatic heterocycles. The molecule has 3 rings (SSSR count). The lowest BCUT2D eigenvalue weighted by atomic mass is 10.1. The molecule has 2 saturated heterocycles. The van der Waals surface area contributed by atoms with Gasteiger partial charge in [-0.1, -0.05) is 6.07 Å². The number of nitrogens with zero attached hydrogens (tertiary/aromatic N) is 1. The predicted molar refractivity (Wildman–Crippen MR) is 93.2 cm³/mol. The summed E-state index contributed by atoms with van der Waals surface area (Å²) in [6, 6.07) is 5.77. The Kier molecular flexibility index (Phi) is 6.44. The van der Waals surface area contributed by atoms with Gasteiger partial charge in [-0.3, -0.25) is 9.59 Å². The zero-order chi connectivity index (χ0) is 18.4. The van der Waals surface area contributed by atoms with E-state index >= 15 is 0 Å². The van der Waals surface area contributed by atoms with Crippen LogP contribution in [0.4, 0.5) is 4.39 Å². The highest BCUT2D eigenvalue weighted by Crippen LogP contribution is 2.19. The first-order valence-electron chi connectivity index (χ1n) is 9.19. The van der Waals surface area contributed by atoms with Gasteiger partial charge in [0.2, 0.25) is 11.8 Å². The molecule has 1 aromatic carbocycles. The fourth-order valence-corrected chi connectivity index (χ4v) is 3.36. The Labute approximate surface area is 152 Å². The quantitative estimate of drug-likeness (QED) is 0.802. The minimum atomic E-state index is -0.365. The van der Waals surface area contributed by atoms with Gasteiger partial charge in [0.15, 0.2) is 0 Å². The van der Waals surface area contributed by atoms with Crippen LogP contribution < -0.4 is 10.1 Å². The molecular formula is C19H25FN2O4. The minimum absolute atomic E-state index is 0.0589. The number of ether oxygens (including phenoxy) is 2. The fraction of sp³-hybridized carbons (Fsp3) is 0.579. The van der Waals surface area contributed by atoms with Gasteiger partial charge in [-0.25, -0.2) is 4.39 Å². The lowest BCUT2D eigenvalue weighted by Crippen LogP contribution is -2.51. The number of carbonyl (C=O) groups is 2. The largest absolute Gasteiger partial charge is 0.486 e. The standard InChI is InChI=1S/C19H25FN2O4/c20-14-4-1-5-15(12-14)26-17-13-25-11-8-16(17)21-18(23)6-2-9-22-10-3-7-19(22)24/h1,4-5,12,16-17H,2-3,6-11,13H2,(H,21,23). The Balaban J connectivity index is 1.46. The van der Waals surface area contributed by atoms with Crippen molar-refractivity contribution in [3.05, 3.63) is 30.1 Å². The van der Waals surface area contributed by atoms with E-state index in [-0.39, 0.29) is 29.8 Å². The highest BCUT2D eigenvalue weighted by atomic mass is 19.1. The van der Waals surface area contributed by atoms with Gasteiger partial charge in [0, 0.05) is 38.6 Å². The first kappa shape index (κ1) is 18.6. The summed E-state index contributed by atoms with van der Waals surface area (Å²) in [6.07, 6.45) is 2.84. The molecule has 0 aliphatic carbocycles. The van der Waals surface area contributed by atoms with Crippen LogP contribution in [0.15, 0.2) is 24.3 Å². The molecular weight excluding hydrogens is 339 g/mol. The summed E-state index contributed by atoms with van der Waals surface area (Å²) in [5.41, 5.74) is 0. The van der Waals surface area contributed by atoms with E-state index < -0.39 is 0 Å². The van der Waals surface area contributed by atoms with Gasteiger partial charge in [-0.2, -0.15) is 0 Å². The van der Waals surface area contributed by atoms with E-state index in [1.807, 2.05) is 4.90 Å². The molecule has 2 amide bonds. The molecule has 2 unspecified atom stereocenters. The Morgan fingerprint density at radius 1 is 1.42 bits per heavy atom. The van der Waals surface area contributed by atoms with Crippen LogP contribution in [0.5, 0.6) is 5.75 Å². The van der Waals surface area contributed by atoms with Crippen molar-refractivity contribution in [3.63, 3.8) is 0 Å². The number of hydrogen-bond donors (Lipinski definition) is 1. The van der Waals surface area contributed by atoms with Gasteiger partial charge < -0.3 is 19.7 Å². The summed E-state index contributed by atoms with van der Waals surface area (Å²) in [4.78, 5) is 25.6. The number of likely N-dealkylation sites (tertiary alicyclic amines) is 1. The van der Waals surface area contributed by atoms with Crippen LogP contribution in [0, 0.1) is 5.82 Å². The van der Waals surface area contributed by atoms with Crippen LogP contribution in [0.25, 0.3) is 0 Å². The molecule has 2 atom stereocenters. The van der Waals surface area contributed by atoms with E-state index in [4.69, 9.17) is 9.47 Å². The number of amides is 2. The molecule has 0 bridgehead atoms. The monoisotopic (exact) mass is 364 g/mol. The van der Waals surface area contributed by atoms with E-state index in [0.29, 0.717) is 51.2 Å². The van der Waals surface area contributed by atoms with Crippen molar-refractivity contribution in [3.8, 4) is 5.75 Å². The Morgan fingerprint density at radius 3 is 3.08 bits per heavy atom. The average molecular weight is 364 g/mol. The second-order valence-electron chi connectivity index (χ2n) is 6.74. The molecule has 2 fully saturated rings. The number of rotatable bonds is 7. The third-order valence-corrected chi connectivity index (χ3v) is 4.74. The van der Waals surface area contributed by atoms with Gasteiger partial charge >= 0.3 is 0 Å². The van der Waals surface area contributed by atoms with E-state index in [0.717, 1.165) is 13.0 Å². The maximum Gasteiger partial charge on any atom is 0.222 e. The number of hydrogen-bond acceptors (Lipinski definition) is 4. The zero-order valence-electron chi connectivity index (χ0n) is 14.8. The Hall–Kier alpha value is -2.15. The zero-order valence-corrected chi connectivity index (χ0v) is 14.8. The molecule has 1 N–H and O–H groups in total. The summed E-state index contributed by atoms with van der Waals surface area (Å²) in [7, 11) is 0. The van der Waals surface area contributed by atoms with Crippen molar-refractivity contribution < 1.29 is 23.5 Å². The van der Waals surface area contributed by atoms with Crippen molar-refractivity contribution in [1.82, 2.24) is 10.2 Å². The van der Waals surface area contributed by atoms with E-state index in [2.05, 4.69) is 5.32 Å². The fourth-order valence-electron chi connectivity index (χ4n) is 3.36. The summed E-state index contributed by atoms with van der Waals surface area (Å²) in [6.45, 7) is 2.33. The number of carbonyl (C=O) groups excluding carboxylic acids is 2. The van der Waals surface area contributed by atoms with E-state index in [1.165, 1.54) is 12.1 Å². The molecule has 2 heterocycles. The molecule has 0 radical (unpaired) electrons. The van der Waals surface area contributed by atoms with Crippen LogP contribution in [-0.2, 0) is 14.3 Å². The smallest absolute Gasteiger partial charge is 0.222 e. The van der Waals surface area contributed by atoms with Gasteiger partial charge in [-0.15, -0.1) is 0 Å². The summed E-state index contributed by atoms with van der Waals surface area (Å²) < 4.78 is 24.6. The van der Waals surface area contributed by atoms with Crippen LogP contribution in [-0.4, -0.2) is 55.2 Å². The van der Waals surface area contributed by atoms with Crippen molar-refractivity contribution >= 4 is 11.8 Å². The van der Waals surface area contributed by atoms with Crippen molar-refractivity contribution in [1.29, 1.82) is 0 Å². The molecule has 6 nitrogen and oxygen atoms in total. The molecule has 26 heavy (non-hydrogen) atoms. The van der Waals surface area contributed by atoms with E-state index in [9.17, 15) is 14.0 Å². The third kappa shape index (κ3) is 5.17. The van der Waals surface area contributed by atoms with Crippen LogP contribution >= 0.6 is 0 Å². The van der Waals surface area contributed by atoms with Gasteiger partial charge in [0.1, 0.15) is 17.7 Å². The topological polar surface area (TPSA) is 67.9 Å². The SMILES string of the molecule is O=C(CCCN1CCCC1=O)NC1CCOCC1Oc1cccc(F)c1. The molecule has 0 saturated carbocycles. The molecule has 7 heteroatoms. The Bertz CT molecular complexity index is 640. The predicted octanol–water partition coefficient (Wildman–Crippen LogP) is 1.88. The van der Waals surface area contributed by atoms with Crippen molar-refractivity contribution in [2.24, 2.45) is 0 Å². The second-order valence-corrected chi connectivity index (χ2v) is 6.74. The lowest BCUT2D eigenvalue weighted by molar-refractivity contribution is -0.128. The first-order chi connectivity index (χ1) is 12.6. The summed E-state index contributed by atoms with van der Waals surface area (Å²) >= 11 is 0. The third-order valence-electron chi connectivity index (χ3n) is 4.74. The second kappa shape index (κ2) is 8.98. The lowest BCUT2D eigenvalue weighted by Gasteiger charge is -2.32. The maximum absolute atomic E-state index is 13.3. The number of nitrogens with one attached hydrogen (secondary N) is 1. The van der Waals surface area contributed by atoms with Crippen LogP contribution in [0.3, 0.4) is 0 Å². The highest BCUT2D eigenvalue weighted by molar-refractivity contribution is 5.78. The Morgan fingerprint density at radius 2 is 2.31 bits per heavy atom. The number of halogens is 1. The van der Waals surface area contributed by atoms with Crippen LogP contribution in [0.1, 0.15) is 32.1 Å². The van der Waals surface area contributed by atoms with Crippen molar-refractivity contribution in [2.45, 2.75) is 44.2 Å².